The second-order valence-corrected chi connectivity index (χ2v) is 4.63. The maximum Gasteiger partial charge on any atom is 0.277 e. The number of carbonyl (C=O) groups is 2. The van der Waals surface area contributed by atoms with Crippen LogP contribution < -0.4 is 10.6 Å². The highest BCUT2D eigenvalue weighted by Crippen LogP contribution is 2.21. The van der Waals surface area contributed by atoms with Crippen LogP contribution in [0.25, 0.3) is 11.5 Å². The van der Waals surface area contributed by atoms with Gasteiger partial charge in [-0.25, -0.2) is 0 Å². The van der Waals surface area contributed by atoms with Crippen molar-refractivity contribution in [3.05, 3.63) is 60.0 Å². The molecule has 3 aromatic rings. The lowest BCUT2D eigenvalue weighted by Crippen LogP contribution is -2.21. The number of hydrogen-bond acceptors (Lipinski definition) is 5. The first-order chi connectivity index (χ1) is 11.2. The smallest absolute Gasteiger partial charge is 0.277 e. The van der Waals surface area contributed by atoms with E-state index in [4.69, 9.17) is 8.94 Å². The molecule has 0 aliphatic rings. The number of nitrogens with zero attached hydrogens (tertiary/aromatic N) is 1. The van der Waals surface area contributed by atoms with Crippen LogP contribution in [0.4, 0.5) is 5.69 Å². The molecule has 0 unspecified atom stereocenters. The summed E-state index contributed by atoms with van der Waals surface area (Å²) in [6.45, 7) is 0. The summed E-state index contributed by atoms with van der Waals surface area (Å²) in [5.74, 6) is 0.0438. The molecule has 1 aromatic carbocycles. The molecule has 0 spiro atoms. The Balaban J connectivity index is 1.82. The Labute approximate surface area is 131 Å². The van der Waals surface area contributed by atoms with Crippen molar-refractivity contribution in [3.63, 3.8) is 0 Å². The fourth-order valence-corrected chi connectivity index (χ4v) is 2.03. The number of aromatic nitrogens is 1. The summed E-state index contributed by atoms with van der Waals surface area (Å²) in [6, 6.07) is 11.6. The maximum absolute atomic E-state index is 12.3. The van der Waals surface area contributed by atoms with Gasteiger partial charge < -0.3 is 19.6 Å². The first-order valence-corrected chi connectivity index (χ1v) is 6.82. The molecule has 2 heterocycles. The zero-order valence-electron chi connectivity index (χ0n) is 12.2. The first kappa shape index (κ1) is 14.6. The number of nitrogens with one attached hydrogen (secondary N) is 2. The standard InChI is InChI=1S/C16H13N3O4/c1-17-15(20)10-5-2-3-6-11(10)18-16(21)12-9-14(23-19-12)13-7-4-8-22-13/h2-9H,1H3,(H,17,20)(H,18,21). The average molecular weight is 311 g/mol. The van der Waals surface area contributed by atoms with E-state index in [0.717, 1.165) is 0 Å². The van der Waals surface area contributed by atoms with E-state index >= 15 is 0 Å². The van der Waals surface area contributed by atoms with Crippen molar-refractivity contribution in [2.75, 3.05) is 12.4 Å². The van der Waals surface area contributed by atoms with Gasteiger partial charge in [-0.15, -0.1) is 0 Å². The van der Waals surface area contributed by atoms with E-state index in [2.05, 4.69) is 15.8 Å². The molecule has 2 amide bonds. The monoisotopic (exact) mass is 311 g/mol. The highest BCUT2D eigenvalue weighted by Gasteiger charge is 2.17. The Kier molecular flexibility index (Phi) is 3.92. The van der Waals surface area contributed by atoms with Crippen molar-refractivity contribution >= 4 is 17.5 Å². The minimum Gasteiger partial charge on any atom is -0.461 e. The predicted octanol–water partition coefficient (Wildman–Crippen LogP) is 2.55. The third kappa shape index (κ3) is 2.98. The molecule has 0 atom stereocenters. The maximum atomic E-state index is 12.3. The first-order valence-electron chi connectivity index (χ1n) is 6.82. The van der Waals surface area contributed by atoms with Crippen molar-refractivity contribution in [1.29, 1.82) is 0 Å². The summed E-state index contributed by atoms with van der Waals surface area (Å²) in [5, 5.41) is 8.88. The van der Waals surface area contributed by atoms with Crippen molar-refractivity contribution in [2.45, 2.75) is 0 Å². The lowest BCUT2D eigenvalue weighted by atomic mass is 10.1. The zero-order chi connectivity index (χ0) is 16.2. The van der Waals surface area contributed by atoms with E-state index in [-0.39, 0.29) is 11.6 Å². The highest BCUT2D eigenvalue weighted by molar-refractivity contribution is 6.08. The SMILES string of the molecule is CNC(=O)c1ccccc1NC(=O)c1cc(-c2ccco2)on1. The molecule has 0 radical (unpaired) electrons. The van der Waals surface area contributed by atoms with E-state index < -0.39 is 5.91 Å². The van der Waals surface area contributed by atoms with Gasteiger partial charge in [-0.2, -0.15) is 0 Å². The van der Waals surface area contributed by atoms with Crippen LogP contribution in [-0.4, -0.2) is 24.0 Å². The number of hydrogen-bond donors (Lipinski definition) is 2. The van der Waals surface area contributed by atoms with Gasteiger partial charge in [0.1, 0.15) is 0 Å². The van der Waals surface area contributed by atoms with Crippen molar-refractivity contribution < 1.29 is 18.5 Å². The Morgan fingerprint density at radius 2 is 1.87 bits per heavy atom. The molecule has 7 heteroatoms. The summed E-state index contributed by atoms with van der Waals surface area (Å²) in [7, 11) is 1.52. The Morgan fingerprint density at radius 3 is 2.61 bits per heavy atom. The van der Waals surface area contributed by atoms with Crippen LogP contribution in [0.15, 0.2) is 57.7 Å². The largest absolute Gasteiger partial charge is 0.461 e. The van der Waals surface area contributed by atoms with E-state index in [1.165, 1.54) is 19.4 Å². The van der Waals surface area contributed by atoms with Gasteiger partial charge in [0.25, 0.3) is 11.8 Å². The molecule has 0 aliphatic heterocycles. The van der Waals surface area contributed by atoms with Crippen LogP contribution in [0.5, 0.6) is 0 Å². The number of para-hydroxylation sites is 1. The highest BCUT2D eigenvalue weighted by atomic mass is 16.5. The van der Waals surface area contributed by atoms with Gasteiger partial charge in [0, 0.05) is 13.1 Å². The molecule has 2 aromatic heterocycles. The quantitative estimate of drug-likeness (QED) is 0.771. The van der Waals surface area contributed by atoms with Crippen LogP contribution >= 0.6 is 0 Å². The number of carbonyl (C=O) groups excluding carboxylic acids is 2. The summed E-state index contributed by atoms with van der Waals surface area (Å²) in [4.78, 5) is 24.1. The molecular weight excluding hydrogens is 298 g/mol. The number of anilines is 1. The predicted molar refractivity (Wildman–Crippen MR) is 82.0 cm³/mol. The molecular formula is C16H13N3O4. The second kappa shape index (κ2) is 6.18. The van der Waals surface area contributed by atoms with E-state index in [1.54, 1.807) is 36.4 Å². The fourth-order valence-electron chi connectivity index (χ4n) is 2.03. The van der Waals surface area contributed by atoms with Crippen LogP contribution in [-0.2, 0) is 0 Å². The molecule has 0 saturated carbocycles. The van der Waals surface area contributed by atoms with Gasteiger partial charge in [-0.05, 0) is 24.3 Å². The van der Waals surface area contributed by atoms with E-state index in [0.29, 0.717) is 22.8 Å². The average Bonchev–Trinajstić information content (AvgIpc) is 3.25. The molecule has 23 heavy (non-hydrogen) atoms. The topological polar surface area (TPSA) is 97.4 Å². The van der Waals surface area contributed by atoms with Gasteiger partial charge >= 0.3 is 0 Å². The van der Waals surface area contributed by atoms with Crippen molar-refractivity contribution in [3.8, 4) is 11.5 Å². The van der Waals surface area contributed by atoms with Gasteiger partial charge in [-0.1, -0.05) is 17.3 Å². The minimum atomic E-state index is -0.483. The number of rotatable bonds is 4. The Hall–Kier alpha value is -3.35. The van der Waals surface area contributed by atoms with Crippen LogP contribution in [0.1, 0.15) is 20.8 Å². The molecule has 2 N–H and O–H groups in total. The number of furan rings is 1. The van der Waals surface area contributed by atoms with Gasteiger partial charge in [-0.3, -0.25) is 9.59 Å². The summed E-state index contributed by atoms with van der Waals surface area (Å²) >= 11 is 0. The van der Waals surface area contributed by atoms with Crippen LogP contribution in [0, 0.1) is 0 Å². The number of benzene rings is 1. The van der Waals surface area contributed by atoms with Gasteiger partial charge in [0.2, 0.25) is 5.76 Å². The molecule has 3 rings (SSSR count). The molecule has 0 aliphatic carbocycles. The fraction of sp³-hybridized carbons (Fsp3) is 0.0625. The Morgan fingerprint density at radius 1 is 1.04 bits per heavy atom. The third-order valence-corrected chi connectivity index (χ3v) is 3.15. The number of amides is 2. The minimum absolute atomic E-state index is 0.0862. The lowest BCUT2D eigenvalue weighted by molar-refractivity contribution is 0.0964. The summed E-state index contributed by atoms with van der Waals surface area (Å²) in [6.07, 6.45) is 1.50. The van der Waals surface area contributed by atoms with E-state index in [9.17, 15) is 9.59 Å². The van der Waals surface area contributed by atoms with Crippen molar-refractivity contribution in [2.24, 2.45) is 0 Å². The van der Waals surface area contributed by atoms with Crippen molar-refractivity contribution in [1.82, 2.24) is 10.5 Å². The zero-order valence-corrected chi connectivity index (χ0v) is 12.2. The van der Waals surface area contributed by atoms with Gasteiger partial charge in [0.15, 0.2) is 11.5 Å². The van der Waals surface area contributed by atoms with Crippen LogP contribution in [0.2, 0.25) is 0 Å². The van der Waals surface area contributed by atoms with Crippen LogP contribution in [0.3, 0.4) is 0 Å². The second-order valence-electron chi connectivity index (χ2n) is 4.63. The lowest BCUT2D eigenvalue weighted by Gasteiger charge is -2.08. The third-order valence-electron chi connectivity index (χ3n) is 3.15. The molecule has 0 saturated heterocycles. The van der Waals surface area contributed by atoms with Gasteiger partial charge in [0.05, 0.1) is 17.5 Å². The Bertz CT molecular complexity index is 837. The normalized spacial score (nSPS) is 10.3. The molecule has 116 valence electrons. The summed E-state index contributed by atoms with van der Waals surface area (Å²) in [5.41, 5.74) is 0.834. The molecule has 7 nitrogen and oxygen atoms in total. The molecule has 0 fully saturated rings. The van der Waals surface area contributed by atoms with E-state index in [1.807, 2.05) is 0 Å². The summed E-state index contributed by atoms with van der Waals surface area (Å²) < 4.78 is 10.3. The molecule has 0 bridgehead atoms.